The molecular weight excluding hydrogens is 408 g/mol. The quantitative estimate of drug-likeness (QED) is 0.332. The van der Waals surface area contributed by atoms with Crippen LogP contribution in [-0.2, 0) is 6.42 Å². The lowest BCUT2D eigenvalue weighted by Gasteiger charge is -2.14. The molecule has 0 saturated carbocycles. The fourth-order valence-electron chi connectivity index (χ4n) is 3.32. The third kappa shape index (κ3) is 3.99. The molecule has 2 aromatic heterocycles. The summed E-state index contributed by atoms with van der Waals surface area (Å²) in [5, 5.41) is 22.5. The normalized spacial score (nSPS) is 12.0. The Balaban J connectivity index is 1.73. The first-order valence-electron chi connectivity index (χ1n) is 9.06. The first kappa shape index (κ1) is 19.5. The van der Waals surface area contributed by atoms with Crippen molar-refractivity contribution in [2.75, 3.05) is 0 Å². The Kier molecular flexibility index (Phi) is 5.16. The van der Waals surface area contributed by atoms with E-state index in [1.54, 1.807) is 18.2 Å². The van der Waals surface area contributed by atoms with Gasteiger partial charge in [-0.3, -0.25) is 4.79 Å². The molecule has 9 heteroatoms. The Morgan fingerprint density at radius 2 is 1.90 bits per heavy atom. The maximum absolute atomic E-state index is 11.5. The molecule has 1 atom stereocenters. The van der Waals surface area contributed by atoms with Crippen molar-refractivity contribution in [3.05, 3.63) is 81.5 Å². The fourth-order valence-corrected chi connectivity index (χ4v) is 3.57. The molecule has 2 aromatic carbocycles. The zero-order valence-electron chi connectivity index (χ0n) is 15.5. The molecule has 4 aromatic rings. The van der Waals surface area contributed by atoms with E-state index in [2.05, 4.69) is 20.3 Å². The second kappa shape index (κ2) is 7.92. The smallest absolute Gasteiger partial charge is 0.405 e. The topological polar surface area (TPSA) is 131 Å². The lowest BCUT2D eigenvalue weighted by molar-refractivity contribution is 0.189. The maximum Gasteiger partial charge on any atom is 0.405 e. The molecule has 152 valence electrons. The molecule has 0 aliphatic carbocycles. The minimum atomic E-state index is -1.18. The Morgan fingerprint density at radius 1 is 1.13 bits per heavy atom. The monoisotopic (exact) mass is 424 g/mol. The molecule has 0 aliphatic rings. The molecule has 4 rings (SSSR count). The van der Waals surface area contributed by atoms with Crippen LogP contribution in [0.2, 0.25) is 5.15 Å². The van der Waals surface area contributed by atoms with Gasteiger partial charge in [0.25, 0.3) is 5.56 Å². The Hall–Kier alpha value is -3.78. The first-order valence-corrected chi connectivity index (χ1v) is 9.43. The number of amides is 1. The molecule has 0 saturated heterocycles. The van der Waals surface area contributed by atoms with Crippen LogP contribution in [0, 0.1) is 0 Å². The van der Waals surface area contributed by atoms with E-state index in [9.17, 15) is 19.8 Å². The predicted octanol–water partition coefficient (Wildman–Crippen LogP) is 3.83. The van der Waals surface area contributed by atoms with Gasteiger partial charge < -0.3 is 25.5 Å². The van der Waals surface area contributed by atoms with E-state index in [4.69, 9.17) is 11.6 Å². The first-order chi connectivity index (χ1) is 14.4. The number of aromatic nitrogens is 3. The lowest BCUT2D eigenvalue weighted by atomic mass is 10.1. The molecule has 30 heavy (non-hydrogen) atoms. The summed E-state index contributed by atoms with van der Waals surface area (Å²) in [7, 11) is 0. The van der Waals surface area contributed by atoms with Crippen molar-refractivity contribution in [3.63, 3.8) is 0 Å². The van der Waals surface area contributed by atoms with Crippen molar-refractivity contribution in [1.29, 1.82) is 0 Å². The van der Waals surface area contributed by atoms with Crippen LogP contribution in [0.3, 0.4) is 0 Å². The van der Waals surface area contributed by atoms with Gasteiger partial charge in [-0.25, -0.2) is 9.78 Å². The van der Waals surface area contributed by atoms with Gasteiger partial charge in [-0.1, -0.05) is 48.0 Å². The number of halogens is 1. The number of hydrogen-bond donors (Lipinski definition) is 5. The van der Waals surface area contributed by atoms with Crippen LogP contribution in [0.5, 0.6) is 5.75 Å². The number of aromatic hydroxyl groups is 1. The second-order valence-corrected chi connectivity index (χ2v) is 7.13. The Morgan fingerprint density at radius 3 is 2.63 bits per heavy atom. The summed E-state index contributed by atoms with van der Waals surface area (Å²) < 4.78 is 0. The number of nitrogens with one attached hydrogen (secondary N) is 3. The number of fused-ring (bicyclic) bond motifs is 1. The molecule has 0 radical (unpaired) electrons. The van der Waals surface area contributed by atoms with Crippen LogP contribution in [-0.4, -0.2) is 31.3 Å². The highest BCUT2D eigenvalue weighted by Crippen LogP contribution is 2.32. The van der Waals surface area contributed by atoms with Crippen molar-refractivity contribution in [2.24, 2.45) is 0 Å². The molecule has 8 nitrogen and oxygen atoms in total. The highest BCUT2D eigenvalue weighted by molar-refractivity contribution is 6.32. The van der Waals surface area contributed by atoms with Crippen molar-refractivity contribution in [3.8, 4) is 17.0 Å². The molecule has 1 unspecified atom stereocenters. The van der Waals surface area contributed by atoms with Crippen molar-refractivity contribution >= 4 is 28.6 Å². The number of pyridine rings is 1. The number of imidazole rings is 1. The van der Waals surface area contributed by atoms with Gasteiger partial charge in [0.05, 0.1) is 11.6 Å². The summed E-state index contributed by atoms with van der Waals surface area (Å²) in [6.45, 7) is 0. The van der Waals surface area contributed by atoms with Crippen LogP contribution in [0.1, 0.15) is 17.4 Å². The van der Waals surface area contributed by atoms with Crippen molar-refractivity contribution < 1.29 is 15.0 Å². The minimum Gasteiger partial charge on any atom is -0.507 e. The van der Waals surface area contributed by atoms with E-state index >= 15 is 0 Å². The number of benzene rings is 2. The van der Waals surface area contributed by atoms with Gasteiger partial charge in [0.15, 0.2) is 0 Å². The van der Waals surface area contributed by atoms with Gasteiger partial charge in [0.1, 0.15) is 22.4 Å². The van der Waals surface area contributed by atoms with Crippen LogP contribution in [0.25, 0.3) is 22.2 Å². The number of H-pyrrole nitrogens is 2. The molecule has 5 N–H and O–H groups in total. The van der Waals surface area contributed by atoms with E-state index in [-0.39, 0.29) is 10.9 Å². The largest absolute Gasteiger partial charge is 0.507 e. The summed E-state index contributed by atoms with van der Waals surface area (Å²) in [6.07, 6.45) is -0.791. The van der Waals surface area contributed by atoms with E-state index < -0.39 is 17.7 Å². The molecule has 0 spiro atoms. The van der Waals surface area contributed by atoms with E-state index in [1.807, 2.05) is 30.3 Å². The highest BCUT2D eigenvalue weighted by Gasteiger charge is 2.21. The van der Waals surface area contributed by atoms with Gasteiger partial charge in [0, 0.05) is 23.4 Å². The minimum absolute atomic E-state index is 0.156. The van der Waals surface area contributed by atoms with Gasteiger partial charge in [-0.2, -0.15) is 0 Å². The van der Waals surface area contributed by atoms with Gasteiger partial charge in [-0.05, 0) is 17.7 Å². The average molecular weight is 425 g/mol. The van der Waals surface area contributed by atoms with Crippen molar-refractivity contribution in [1.82, 2.24) is 20.3 Å². The molecule has 0 bridgehead atoms. The molecular formula is C21H17ClN4O4. The zero-order valence-corrected chi connectivity index (χ0v) is 16.3. The second-order valence-electron chi connectivity index (χ2n) is 6.76. The molecule has 2 heterocycles. The molecule has 0 aliphatic heterocycles. The SMILES string of the molecule is O=C(O)NC(Cc1ccccc1)c1nc(-c2ccc3[nH]c(=O)cc(O)c3c2)c(Cl)[nH]1. The zero-order chi connectivity index (χ0) is 21.3. The number of carbonyl (C=O) groups is 1. The van der Waals surface area contributed by atoms with Crippen LogP contribution >= 0.6 is 11.6 Å². The van der Waals surface area contributed by atoms with Crippen LogP contribution < -0.4 is 10.9 Å². The highest BCUT2D eigenvalue weighted by atomic mass is 35.5. The summed E-state index contributed by atoms with van der Waals surface area (Å²) in [6, 6.07) is 14.9. The van der Waals surface area contributed by atoms with E-state index in [0.29, 0.717) is 34.4 Å². The standard InChI is InChI=1S/C21H17ClN4O4/c22-19-18(12-6-7-14-13(9-12)16(27)10-17(28)23-14)25-20(26-19)15(24-21(29)30)8-11-4-2-1-3-5-11/h1-7,9-10,15,24H,8H2,(H,25,26)(H,29,30)(H2,23,27,28). The summed E-state index contributed by atoms with van der Waals surface area (Å²) in [4.78, 5) is 32.9. The van der Waals surface area contributed by atoms with Gasteiger partial charge >= 0.3 is 6.09 Å². The molecule has 1 amide bonds. The maximum atomic E-state index is 11.5. The summed E-state index contributed by atoms with van der Waals surface area (Å²) in [5.74, 6) is 0.212. The average Bonchev–Trinajstić information content (AvgIpc) is 3.09. The predicted molar refractivity (Wildman–Crippen MR) is 113 cm³/mol. The Labute approximate surface area is 175 Å². The van der Waals surface area contributed by atoms with Crippen LogP contribution in [0.4, 0.5) is 4.79 Å². The van der Waals surface area contributed by atoms with Crippen molar-refractivity contribution in [2.45, 2.75) is 12.5 Å². The third-order valence-corrected chi connectivity index (χ3v) is 4.96. The number of carboxylic acid groups (broad SMARTS) is 1. The number of rotatable bonds is 5. The summed E-state index contributed by atoms with van der Waals surface area (Å²) >= 11 is 6.37. The lowest BCUT2D eigenvalue weighted by Crippen LogP contribution is -2.29. The number of aromatic amines is 2. The van der Waals surface area contributed by atoms with Crippen LogP contribution in [0.15, 0.2) is 59.4 Å². The number of nitrogens with zero attached hydrogens (tertiary/aromatic N) is 1. The fraction of sp³-hybridized carbons (Fsp3) is 0.0952. The Bertz CT molecular complexity index is 1280. The number of hydrogen-bond acceptors (Lipinski definition) is 4. The summed E-state index contributed by atoms with van der Waals surface area (Å²) in [5.41, 5.74) is 2.02. The van der Waals surface area contributed by atoms with E-state index in [1.165, 1.54) is 0 Å². The van der Waals surface area contributed by atoms with Gasteiger partial charge in [0.2, 0.25) is 0 Å². The van der Waals surface area contributed by atoms with E-state index in [0.717, 1.165) is 11.6 Å². The molecule has 0 fully saturated rings. The third-order valence-electron chi connectivity index (χ3n) is 4.68. The van der Waals surface area contributed by atoms with Gasteiger partial charge in [-0.15, -0.1) is 0 Å².